The van der Waals surface area contributed by atoms with Gasteiger partial charge in [-0.1, -0.05) is 24.3 Å². The fourth-order valence-electron chi connectivity index (χ4n) is 4.23. The summed E-state index contributed by atoms with van der Waals surface area (Å²) < 4.78 is 5.49. The van der Waals surface area contributed by atoms with Crippen LogP contribution in [0.2, 0.25) is 0 Å². The lowest BCUT2D eigenvalue weighted by Crippen LogP contribution is -2.11. The predicted octanol–water partition coefficient (Wildman–Crippen LogP) is 6.34. The lowest BCUT2D eigenvalue weighted by molar-refractivity contribution is -0.134. The van der Waals surface area contributed by atoms with Crippen LogP contribution in [0.1, 0.15) is 46.5 Å². The molecule has 4 nitrogen and oxygen atoms in total. The Hall–Kier alpha value is -3.18. The average Bonchev–Trinajstić information content (AvgIpc) is 3.44. The van der Waals surface area contributed by atoms with Crippen LogP contribution in [-0.2, 0) is 17.6 Å². The summed E-state index contributed by atoms with van der Waals surface area (Å²) in [6.45, 7) is 0. The SMILES string of the molecule is O=C(CCC(=O)c1cc(-c2c[nH]c3ccccc23)cs1)Oc1ccc2c(c1)CCCC2. The molecule has 0 radical (unpaired) electrons. The van der Waals surface area contributed by atoms with Crippen molar-refractivity contribution >= 4 is 34.0 Å². The standard InChI is InChI=1S/C26H23NO3S/c28-24(11-12-26(29)30-20-10-9-17-5-1-2-6-18(17)13-20)25-14-19(16-31-25)22-15-27-23-8-4-3-7-21(22)23/h3-4,7-10,13-16,27H,1-2,5-6,11-12H2. The minimum Gasteiger partial charge on any atom is -0.427 e. The predicted molar refractivity (Wildman–Crippen MR) is 124 cm³/mol. The zero-order chi connectivity index (χ0) is 21.2. The Morgan fingerprint density at radius 1 is 0.968 bits per heavy atom. The zero-order valence-electron chi connectivity index (χ0n) is 17.1. The van der Waals surface area contributed by atoms with Crippen LogP contribution in [0.4, 0.5) is 0 Å². The fourth-order valence-corrected chi connectivity index (χ4v) is 5.11. The van der Waals surface area contributed by atoms with E-state index < -0.39 is 0 Å². The Kier molecular flexibility index (Phi) is 5.43. The van der Waals surface area contributed by atoms with Crippen molar-refractivity contribution < 1.29 is 14.3 Å². The molecule has 5 rings (SSSR count). The van der Waals surface area contributed by atoms with Gasteiger partial charge in [-0.3, -0.25) is 9.59 Å². The highest BCUT2D eigenvalue weighted by Crippen LogP contribution is 2.32. The van der Waals surface area contributed by atoms with Gasteiger partial charge in [0, 0.05) is 29.1 Å². The maximum atomic E-state index is 12.6. The molecule has 1 N–H and O–H groups in total. The Balaban J connectivity index is 1.20. The molecule has 1 aliphatic rings. The number of rotatable bonds is 6. The van der Waals surface area contributed by atoms with Crippen molar-refractivity contribution in [2.24, 2.45) is 0 Å². The third-order valence-corrected chi connectivity index (χ3v) is 6.85. The second-order valence-electron chi connectivity index (χ2n) is 7.98. The molecule has 0 aliphatic heterocycles. The van der Waals surface area contributed by atoms with E-state index in [4.69, 9.17) is 4.74 Å². The molecule has 0 fully saturated rings. The normalized spacial score (nSPS) is 13.2. The van der Waals surface area contributed by atoms with Gasteiger partial charge in [0.15, 0.2) is 5.78 Å². The number of hydrogen-bond donors (Lipinski definition) is 1. The first-order chi connectivity index (χ1) is 15.2. The van der Waals surface area contributed by atoms with E-state index in [9.17, 15) is 9.59 Å². The molecule has 0 atom stereocenters. The molecule has 0 bridgehead atoms. The molecule has 1 aliphatic carbocycles. The van der Waals surface area contributed by atoms with Crippen LogP contribution in [-0.4, -0.2) is 16.7 Å². The monoisotopic (exact) mass is 429 g/mol. The summed E-state index contributed by atoms with van der Waals surface area (Å²) in [5.74, 6) is 0.187. The number of Topliss-reactive ketones (excluding diaryl/α,β-unsaturated/α-hetero) is 1. The van der Waals surface area contributed by atoms with Gasteiger partial charge in [-0.25, -0.2) is 0 Å². The number of aromatic amines is 1. The number of aryl methyl sites for hydroxylation is 2. The van der Waals surface area contributed by atoms with Gasteiger partial charge in [-0.2, -0.15) is 0 Å². The van der Waals surface area contributed by atoms with Crippen molar-refractivity contribution in [1.29, 1.82) is 0 Å². The maximum Gasteiger partial charge on any atom is 0.311 e. The fraction of sp³-hybridized carbons (Fsp3) is 0.231. The van der Waals surface area contributed by atoms with Crippen LogP contribution >= 0.6 is 11.3 Å². The molecular formula is C26H23NO3S. The van der Waals surface area contributed by atoms with Gasteiger partial charge in [-0.05, 0) is 72.0 Å². The second-order valence-corrected chi connectivity index (χ2v) is 8.89. The summed E-state index contributed by atoms with van der Waals surface area (Å²) in [5, 5.41) is 3.13. The summed E-state index contributed by atoms with van der Waals surface area (Å²) in [6, 6.07) is 15.9. The van der Waals surface area contributed by atoms with E-state index >= 15 is 0 Å². The smallest absolute Gasteiger partial charge is 0.311 e. The van der Waals surface area contributed by atoms with Crippen molar-refractivity contribution in [1.82, 2.24) is 4.98 Å². The highest BCUT2D eigenvalue weighted by atomic mass is 32.1. The van der Waals surface area contributed by atoms with Crippen molar-refractivity contribution in [2.45, 2.75) is 38.5 Å². The number of carbonyl (C=O) groups excluding carboxylic acids is 2. The van der Waals surface area contributed by atoms with E-state index in [2.05, 4.69) is 17.1 Å². The van der Waals surface area contributed by atoms with Crippen LogP contribution in [0.25, 0.3) is 22.0 Å². The molecule has 0 spiro atoms. The topological polar surface area (TPSA) is 59.2 Å². The number of hydrogen-bond acceptors (Lipinski definition) is 4. The van der Waals surface area contributed by atoms with Gasteiger partial charge < -0.3 is 9.72 Å². The van der Waals surface area contributed by atoms with Crippen molar-refractivity contribution in [3.63, 3.8) is 0 Å². The molecule has 2 aromatic carbocycles. The lowest BCUT2D eigenvalue weighted by Gasteiger charge is -2.16. The van der Waals surface area contributed by atoms with Crippen LogP contribution in [0, 0.1) is 0 Å². The van der Waals surface area contributed by atoms with E-state index in [1.54, 1.807) is 0 Å². The average molecular weight is 430 g/mol. The quantitative estimate of drug-likeness (QED) is 0.221. The summed E-state index contributed by atoms with van der Waals surface area (Å²) in [7, 11) is 0. The van der Waals surface area contributed by atoms with Gasteiger partial charge in [0.1, 0.15) is 5.75 Å². The van der Waals surface area contributed by atoms with Crippen molar-refractivity contribution in [3.8, 4) is 16.9 Å². The number of carbonyl (C=O) groups is 2. The number of H-pyrrole nitrogens is 1. The number of esters is 1. The van der Waals surface area contributed by atoms with E-state index in [0.29, 0.717) is 10.6 Å². The molecule has 2 aromatic heterocycles. The first kappa shape index (κ1) is 19.8. The van der Waals surface area contributed by atoms with Crippen LogP contribution < -0.4 is 4.74 Å². The zero-order valence-corrected chi connectivity index (χ0v) is 18.0. The first-order valence-electron chi connectivity index (χ1n) is 10.7. The molecular weight excluding hydrogens is 406 g/mol. The van der Waals surface area contributed by atoms with Crippen LogP contribution in [0.15, 0.2) is 60.1 Å². The molecule has 4 aromatic rings. The summed E-state index contributed by atoms with van der Waals surface area (Å²) in [5.41, 5.74) is 5.79. The molecule has 5 heteroatoms. The third kappa shape index (κ3) is 4.19. The van der Waals surface area contributed by atoms with Gasteiger partial charge in [0.05, 0.1) is 11.3 Å². The third-order valence-electron chi connectivity index (χ3n) is 5.88. The van der Waals surface area contributed by atoms with Gasteiger partial charge >= 0.3 is 5.97 Å². The molecule has 0 unspecified atom stereocenters. The minimum atomic E-state index is -0.363. The van der Waals surface area contributed by atoms with Crippen LogP contribution in [0.5, 0.6) is 5.75 Å². The molecule has 156 valence electrons. The minimum absolute atomic E-state index is 0.0292. The first-order valence-corrected chi connectivity index (χ1v) is 11.6. The number of ketones is 1. The summed E-state index contributed by atoms with van der Waals surface area (Å²) in [6.07, 6.45) is 6.74. The highest BCUT2D eigenvalue weighted by molar-refractivity contribution is 7.12. The lowest BCUT2D eigenvalue weighted by atomic mass is 9.92. The highest BCUT2D eigenvalue weighted by Gasteiger charge is 2.16. The number of aromatic nitrogens is 1. The largest absolute Gasteiger partial charge is 0.427 e. The number of benzene rings is 2. The van der Waals surface area contributed by atoms with Crippen LogP contribution in [0.3, 0.4) is 0 Å². The number of para-hydroxylation sites is 1. The van der Waals surface area contributed by atoms with Gasteiger partial charge in [-0.15, -0.1) is 11.3 Å². The molecule has 31 heavy (non-hydrogen) atoms. The second kappa shape index (κ2) is 8.52. The van der Waals surface area contributed by atoms with Crippen molar-refractivity contribution in [3.05, 3.63) is 76.1 Å². The number of nitrogens with one attached hydrogen (secondary N) is 1. The summed E-state index contributed by atoms with van der Waals surface area (Å²) >= 11 is 1.42. The summed E-state index contributed by atoms with van der Waals surface area (Å²) in [4.78, 5) is 28.8. The van der Waals surface area contributed by atoms with E-state index in [1.807, 2.05) is 48.0 Å². The molecule has 0 amide bonds. The van der Waals surface area contributed by atoms with E-state index in [0.717, 1.165) is 34.9 Å². The molecule has 2 heterocycles. The Morgan fingerprint density at radius 2 is 1.81 bits per heavy atom. The Morgan fingerprint density at radius 3 is 2.71 bits per heavy atom. The van der Waals surface area contributed by atoms with E-state index in [-0.39, 0.29) is 24.6 Å². The Bertz CT molecular complexity index is 1270. The van der Waals surface area contributed by atoms with E-state index in [1.165, 1.54) is 35.3 Å². The van der Waals surface area contributed by atoms with Gasteiger partial charge in [0.2, 0.25) is 0 Å². The molecule has 0 saturated heterocycles. The van der Waals surface area contributed by atoms with Crippen molar-refractivity contribution in [2.75, 3.05) is 0 Å². The number of ether oxygens (including phenoxy) is 1. The number of thiophene rings is 1. The Labute approximate surface area is 184 Å². The maximum absolute atomic E-state index is 12.6. The van der Waals surface area contributed by atoms with Gasteiger partial charge in [0.25, 0.3) is 0 Å². The molecule has 0 saturated carbocycles. The number of fused-ring (bicyclic) bond motifs is 2.